The average molecular weight is 393 g/mol. The van der Waals surface area contributed by atoms with Gasteiger partial charge in [0.25, 0.3) is 0 Å². The lowest BCUT2D eigenvalue weighted by atomic mass is 10.1. The molecule has 0 saturated carbocycles. The predicted octanol–water partition coefficient (Wildman–Crippen LogP) is 3.71. The number of alkyl halides is 3. The molecule has 0 bridgehead atoms. The molecule has 1 aromatic carbocycles. The van der Waals surface area contributed by atoms with Crippen molar-refractivity contribution in [3.8, 4) is 0 Å². The Balaban J connectivity index is 0.000000480. The molecule has 0 amide bonds. The van der Waals surface area contributed by atoms with Crippen molar-refractivity contribution in [2.24, 2.45) is 0 Å². The molecule has 28 heavy (non-hydrogen) atoms. The number of hydrogen-bond acceptors (Lipinski definition) is 4. The Morgan fingerprint density at radius 2 is 1.32 bits per heavy atom. The molecule has 6 nitrogen and oxygen atoms in total. The first-order valence-corrected chi connectivity index (χ1v) is 7.55. The van der Waals surface area contributed by atoms with Gasteiger partial charge in [0.2, 0.25) is 0 Å². The summed E-state index contributed by atoms with van der Waals surface area (Å²) in [7, 11) is 0. The van der Waals surface area contributed by atoms with Gasteiger partial charge in [-0.25, -0.2) is 14.6 Å². The fourth-order valence-corrected chi connectivity index (χ4v) is 1.67. The van der Waals surface area contributed by atoms with Crippen LogP contribution in [0.15, 0.2) is 60.7 Å². The van der Waals surface area contributed by atoms with Gasteiger partial charge in [-0.2, -0.15) is 13.2 Å². The maximum atomic E-state index is 11.9. The van der Waals surface area contributed by atoms with E-state index in [0.29, 0.717) is 17.0 Å². The molecule has 146 valence electrons. The predicted molar refractivity (Wildman–Crippen MR) is 94.4 cm³/mol. The topological polar surface area (TPSA) is 105 Å². The molecule has 2 rings (SSSR count). The first-order chi connectivity index (χ1) is 13.1. The van der Waals surface area contributed by atoms with E-state index < -0.39 is 18.1 Å². The number of pyridine rings is 1. The summed E-state index contributed by atoms with van der Waals surface area (Å²) in [5, 5.41) is 15.7. The molecule has 1 heterocycles. The first kappa shape index (κ1) is 22.3. The van der Waals surface area contributed by atoms with E-state index in [0.717, 1.165) is 6.08 Å². The zero-order chi connectivity index (χ0) is 21.2. The van der Waals surface area contributed by atoms with E-state index in [9.17, 15) is 22.8 Å². The van der Waals surface area contributed by atoms with Crippen LogP contribution in [0.1, 0.15) is 21.7 Å². The van der Waals surface area contributed by atoms with Crippen LogP contribution in [0.3, 0.4) is 0 Å². The van der Waals surface area contributed by atoms with Crippen LogP contribution in [0.25, 0.3) is 12.2 Å². The summed E-state index contributed by atoms with van der Waals surface area (Å²) >= 11 is 0. The van der Waals surface area contributed by atoms with Crippen molar-refractivity contribution < 1.29 is 37.8 Å². The average Bonchev–Trinajstić information content (AvgIpc) is 2.65. The lowest BCUT2D eigenvalue weighted by Gasteiger charge is -1.97. The van der Waals surface area contributed by atoms with E-state index in [4.69, 9.17) is 15.0 Å². The second-order valence-corrected chi connectivity index (χ2v) is 5.03. The molecule has 0 fully saturated rings. The molecule has 0 radical (unpaired) electrons. The Labute approximate surface area is 157 Å². The van der Waals surface area contributed by atoms with Gasteiger partial charge in [0.1, 0.15) is 0 Å². The number of hydrogen-bond donors (Lipinski definition) is 2. The van der Waals surface area contributed by atoms with E-state index >= 15 is 0 Å². The molecule has 2 N–H and O–H groups in total. The number of ketones is 1. The number of carboxylic acid groups (broad SMARTS) is 2. The molecule has 0 atom stereocenters. The smallest absolute Gasteiger partial charge is 0.478 e. The summed E-state index contributed by atoms with van der Waals surface area (Å²) in [4.78, 5) is 35.5. The third kappa shape index (κ3) is 8.56. The summed E-state index contributed by atoms with van der Waals surface area (Å²) in [6.07, 6.45) is 0.388. The van der Waals surface area contributed by atoms with Crippen LogP contribution in [0, 0.1) is 0 Å². The Hall–Kier alpha value is -3.75. The SMILES string of the molecule is O=C(O)/C=C/c1cccc(/C=C/C(=O)c2ccccc2)n1.O=C(O)C(F)(F)F. The highest BCUT2D eigenvalue weighted by Crippen LogP contribution is 2.13. The Kier molecular flexibility index (Phi) is 8.29. The standard InChI is InChI=1S/C17H13NO3.C2HF3O2/c19-16(13-5-2-1-3-6-13)11-9-14-7-4-8-15(18-14)10-12-17(20)21;3-2(4,5)1(6)7/h1-12H,(H,20,21);(H,6,7)/b11-9+,12-10+;. The number of benzene rings is 1. The van der Waals surface area contributed by atoms with Gasteiger partial charge in [-0.15, -0.1) is 0 Å². The van der Waals surface area contributed by atoms with Gasteiger partial charge in [-0.05, 0) is 30.4 Å². The van der Waals surface area contributed by atoms with Crippen molar-refractivity contribution in [3.63, 3.8) is 0 Å². The van der Waals surface area contributed by atoms with Crippen LogP contribution in [0.4, 0.5) is 13.2 Å². The number of aliphatic carboxylic acids is 2. The second kappa shape index (κ2) is 10.4. The molecule has 2 aromatic rings. The molecule has 0 aliphatic carbocycles. The molecule has 9 heteroatoms. The molecular formula is C19H14F3NO5. The van der Waals surface area contributed by atoms with Gasteiger partial charge >= 0.3 is 18.1 Å². The van der Waals surface area contributed by atoms with Crippen molar-refractivity contribution in [1.82, 2.24) is 4.98 Å². The fraction of sp³-hybridized carbons (Fsp3) is 0.0526. The number of rotatable bonds is 5. The van der Waals surface area contributed by atoms with Gasteiger partial charge in [0.05, 0.1) is 11.4 Å². The highest BCUT2D eigenvalue weighted by molar-refractivity contribution is 6.06. The molecule has 0 unspecified atom stereocenters. The minimum atomic E-state index is -5.08. The van der Waals surface area contributed by atoms with E-state index in [1.165, 1.54) is 12.2 Å². The zero-order valence-corrected chi connectivity index (χ0v) is 14.1. The van der Waals surface area contributed by atoms with Crippen molar-refractivity contribution in [2.75, 3.05) is 0 Å². The van der Waals surface area contributed by atoms with Crippen LogP contribution >= 0.6 is 0 Å². The largest absolute Gasteiger partial charge is 0.490 e. The molecule has 0 aliphatic heterocycles. The Bertz CT molecular complexity index is 890. The van der Waals surface area contributed by atoms with Crippen molar-refractivity contribution >= 4 is 29.9 Å². The molecular weight excluding hydrogens is 379 g/mol. The van der Waals surface area contributed by atoms with Crippen LogP contribution in [0.2, 0.25) is 0 Å². The number of carbonyl (C=O) groups excluding carboxylic acids is 1. The molecule has 0 spiro atoms. The number of halogens is 3. The Morgan fingerprint density at radius 3 is 1.79 bits per heavy atom. The fourth-order valence-electron chi connectivity index (χ4n) is 1.67. The number of aromatic nitrogens is 1. The van der Waals surface area contributed by atoms with Crippen molar-refractivity contribution in [2.45, 2.75) is 6.18 Å². The van der Waals surface area contributed by atoms with Crippen molar-refractivity contribution in [3.05, 3.63) is 77.6 Å². The third-order valence-corrected chi connectivity index (χ3v) is 2.90. The molecule has 0 saturated heterocycles. The summed E-state index contributed by atoms with van der Waals surface area (Å²) in [6, 6.07) is 14.1. The quantitative estimate of drug-likeness (QED) is 0.593. The number of nitrogens with zero attached hydrogens (tertiary/aromatic N) is 1. The van der Waals surface area contributed by atoms with Gasteiger partial charge in [-0.1, -0.05) is 36.4 Å². The third-order valence-electron chi connectivity index (χ3n) is 2.90. The van der Waals surface area contributed by atoms with Gasteiger partial charge in [0, 0.05) is 11.6 Å². The normalized spacial score (nSPS) is 11.1. The van der Waals surface area contributed by atoms with Gasteiger partial charge in [0.15, 0.2) is 5.78 Å². The van der Waals surface area contributed by atoms with E-state index in [-0.39, 0.29) is 5.78 Å². The number of allylic oxidation sites excluding steroid dienone is 1. The zero-order valence-electron chi connectivity index (χ0n) is 14.1. The van der Waals surface area contributed by atoms with Crippen LogP contribution in [-0.4, -0.2) is 39.1 Å². The van der Waals surface area contributed by atoms with Crippen LogP contribution in [-0.2, 0) is 9.59 Å². The Morgan fingerprint density at radius 1 is 0.821 bits per heavy atom. The van der Waals surface area contributed by atoms with Crippen LogP contribution < -0.4 is 0 Å². The summed E-state index contributed by atoms with van der Waals surface area (Å²) < 4.78 is 31.7. The monoisotopic (exact) mass is 393 g/mol. The second-order valence-electron chi connectivity index (χ2n) is 5.03. The summed E-state index contributed by atoms with van der Waals surface area (Å²) in [5.74, 6) is -3.90. The minimum absolute atomic E-state index is 0.108. The lowest BCUT2D eigenvalue weighted by molar-refractivity contribution is -0.192. The number of carboxylic acids is 2. The minimum Gasteiger partial charge on any atom is -0.478 e. The van der Waals surface area contributed by atoms with Crippen molar-refractivity contribution in [1.29, 1.82) is 0 Å². The van der Waals surface area contributed by atoms with Gasteiger partial charge < -0.3 is 10.2 Å². The van der Waals surface area contributed by atoms with Gasteiger partial charge in [-0.3, -0.25) is 4.79 Å². The van der Waals surface area contributed by atoms with Crippen LogP contribution in [0.5, 0.6) is 0 Å². The maximum absolute atomic E-state index is 11.9. The summed E-state index contributed by atoms with van der Waals surface area (Å²) in [6.45, 7) is 0. The van der Waals surface area contributed by atoms with E-state index in [1.54, 1.807) is 48.5 Å². The summed E-state index contributed by atoms with van der Waals surface area (Å²) in [5.41, 5.74) is 1.72. The highest BCUT2D eigenvalue weighted by Gasteiger charge is 2.38. The maximum Gasteiger partial charge on any atom is 0.490 e. The number of carbonyl (C=O) groups is 3. The lowest BCUT2D eigenvalue weighted by Crippen LogP contribution is -2.21. The molecule has 0 aliphatic rings. The van der Waals surface area contributed by atoms with E-state index in [2.05, 4.69) is 4.98 Å². The van der Waals surface area contributed by atoms with E-state index in [1.807, 2.05) is 6.07 Å². The highest BCUT2D eigenvalue weighted by atomic mass is 19.4. The molecule has 1 aromatic heterocycles. The first-order valence-electron chi connectivity index (χ1n) is 7.55.